The molecule has 0 aliphatic rings. The molecule has 0 aliphatic carbocycles. The molecule has 1 atom stereocenters. The highest BCUT2D eigenvalue weighted by atomic mass is 16.6. The van der Waals surface area contributed by atoms with Crippen molar-refractivity contribution in [3.63, 3.8) is 0 Å². The number of carbonyl (C=O) groups excluding carboxylic acids is 1. The van der Waals surface area contributed by atoms with Crippen molar-refractivity contribution in [2.45, 2.75) is 13.0 Å². The van der Waals surface area contributed by atoms with Gasteiger partial charge in [0.25, 0.3) is 11.6 Å². The molecule has 0 saturated carbocycles. The summed E-state index contributed by atoms with van der Waals surface area (Å²) in [5.41, 5.74) is 1.06. The molecule has 6 nitrogen and oxygen atoms in total. The Balaban J connectivity index is 2.23. The van der Waals surface area contributed by atoms with Crippen LogP contribution in [-0.2, 0) is 0 Å². The quantitative estimate of drug-likeness (QED) is 0.639. The van der Waals surface area contributed by atoms with Crippen LogP contribution in [-0.4, -0.2) is 27.8 Å². The van der Waals surface area contributed by atoms with Gasteiger partial charge >= 0.3 is 0 Å². The highest BCUT2D eigenvalue weighted by Crippen LogP contribution is 2.23. The molecule has 1 amide bonds. The van der Waals surface area contributed by atoms with Gasteiger partial charge < -0.3 is 4.90 Å². The average molecular weight is 285 g/mol. The van der Waals surface area contributed by atoms with E-state index in [9.17, 15) is 14.9 Å². The molecule has 0 fully saturated rings. The molecule has 0 radical (unpaired) electrons. The number of benzene rings is 1. The number of nitro benzene ring substituents is 1. The Labute approximate surface area is 122 Å². The van der Waals surface area contributed by atoms with Crippen LogP contribution in [0.4, 0.5) is 5.69 Å². The predicted octanol–water partition coefficient (Wildman–Crippen LogP) is 2.82. The Hall–Kier alpha value is -2.76. The average Bonchev–Trinajstić information content (AvgIpc) is 2.53. The van der Waals surface area contributed by atoms with Crippen molar-refractivity contribution in [2.75, 3.05) is 7.05 Å². The minimum absolute atomic E-state index is 0.0121. The van der Waals surface area contributed by atoms with Crippen LogP contribution in [0.15, 0.2) is 48.7 Å². The van der Waals surface area contributed by atoms with Crippen LogP contribution in [0.25, 0.3) is 0 Å². The maximum Gasteiger partial charge on any atom is 0.272 e. The van der Waals surface area contributed by atoms with Crippen LogP contribution in [0.2, 0.25) is 0 Å². The van der Waals surface area contributed by atoms with E-state index in [2.05, 4.69) is 4.98 Å². The number of amides is 1. The van der Waals surface area contributed by atoms with Gasteiger partial charge in [0.2, 0.25) is 0 Å². The van der Waals surface area contributed by atoms with Gasteiger partial charge in [0.1, 0.15) is 5.69 Å². The molecule has 108 valence electrons. The molecule has 0 bridgehead atoms. The van der Waals surface area contributed by atoms with Gasteiger partial charge in [0, 0.05) is 25.4 Å². The van der Waals surface area contributed by atoms with Crippen molar-refractivity contribution in [2.24, 2.45) is 0 Å². The van der Waals surface area contributed by atoms with Gasteiger partial charge in [-0.05, 0) is 24.6 Å². The van der Waals surface area contributed by atoms with E-state index in [1.165, 1.54) is 17.0 Å². The fourth-order valence-corrected chi connectivity index (χ4v) is 1.97. The van der Waals surface area contributed by atoms with Gasteiger partial charge in [-0.1, -0.05) is 18.2 Å². The minimum atomic E-state index is -0.448. The molecule has 0 N–H and O–H groups in total. The molecule has 0 aliphatic heterocycles. The van der Waals surface area contributed by atoms with Gasteiger partial charge in [0.15, 0.2) is 0 Å². The van der Waals surface area contributed by atoms with Crippen molar-refractivity contribution in [1.82, 2.24) is 9.88 Å². The lowest BCUT2D eigenvalue weighted by atomic mass is 10.1. The molecular weight excluding hydrogens is 270 g/mol. The first kappa shape index (κ1) is 14.6. The maximum atomic E-state index is 12.3. The van der Waals surface area contributed by atoms with E-state index in [0.29, 0.717) is 11.3 Å². The number of non-ortho nitro benzene ring substituents is 1. The van der Waals surface area contributed by atoms with E-state index in [1.807, 2.05) is 6.92 Å². The summed E-state index contributed by atoms with van der Waals surface area (Å²) in [6, 6.07) is 11.1. The second-order valence-electron chi connectivity index (χ2n) is 4.66. The lowest BCUT2D eigenvalue weighted by Gasteiger charge is -2.24. The largest absolute Gasteiger partial charge is 0.334 e. The van der Waals surface area contributed by atoms with E-state index >= 15 is 0 Å². The van der Waals surface area contributed by atoms with Gasteiger partial charge in [-0.2, -0.15) is 0 Å². The highest BCUT2D eigenvalue weighted by molar-refractivity contribution is 5.92. The molecule has 0 unspecified atom stereocenters. The molecular formula is C15H15N3O3. The van der Waals surface area contributed by atoms with E-state index in [0.717, 1.165) is 0 Å². The molecule has 0 spiro atoms. The van der Waals surface area contributed by atoms with E-state index in [4.69, 9.17) is 0 Å². The SMILES string of the molecule is C[C@@H](c1cccc([N+](=O)[O-])c1)N(C)C(=O)c1ccccn1. The number of nitrogens with zero attached hydrogens (tertiary/aromatic N) is 3. The van der Waals surface area contributed by atoms with E-state index < -0.39 is 4.92 Å². The summed E-state index contributed by atoms with van der Waals surface area (Å²) in [6.07, 6.45) is 1.55. The first-order valence-corrected chi connectivity index (χ1v) is 6.43. The first-order chi connectivity index (χ1) is 10.0. The molecule has 6 heteroatoms. The Morgan fingerprint density at radius 1 is 1.29 bits per heavy atom. The summed E-state index contributed by atoms with van der Waals surface area (Å²) in [5, 5.41) is 10.8. The zero-order valence-electron chi connectivity index (χ0n) is 11.8. The van der Waals surface area contributed by atoms with Crippen LogP contribution < -0.4 is 0 Å². The predicted molar refractivity (Wildman–Crippen MR) is 77.8 cm³/mol. The molecule has 0 saturated heterocycles. The Morgan fingerprint density at radius 2 is 2.05 bits per heavy atom. The van der Waals surface area contributed by atoms with Gasteiger partial charge in [-0.3, -0.25) is 19.9 Å². The van der Waals surface area contributed by atoms with Crippen molar-refractivity contribution in [1.29, 1.82) is 0 Å². The number of rotatable bonds is 4. The second-order valence-corrected chi connectivity index (χ2v) is 4.66. The summed E-state index contributed by atoms with van der Waals surface area (Å²) < 4.78 is 0. The number of hydrogen-bond acceptors (Lipinski definition) is 4. The van der Waals surface area contributed by atoms with Crippen molar-refractivity contribution < 1.29 is 9.72 Å². The minimum Gasteiger partial charge on any atom is -0.334 e. The monoisotopic (exact) mass is 285 g/mol. The lowest BCUT2D eigenvalue weighted by Crippen LogP contribution is -2.30. The Bertz CT molecular complexity index is 658. The maximum absolute atomic E-state index is 12.3. The van der Waals surface area contributed by atoms with E-state index in [1.54, 1.807) is 43.6 Å². The number of aromatic nitrogens is 1. The molecule has 1 aromatic heterocycles. The number of pyridine rings is 1. The van der Waals surface area contributed by atoms with Crippen molar-refractivity contribution >= 4 is 11.6 Å². The summed E-state index contributed by atoms with van der Waals surface area (Å²) in [5.74, 6) is -0.227. The normalized spacial score (nSPS) is 11.7. The van der Waals surface area contributed by atoms with Crippen molar-refractivity contribution in [3.8, 4) is 0 Å². The third-order valence-electron chi connectivity index (χ3n) is 3.35. The van der Waals surface area contributed by atoms with Crippen LogP contribution in [0.1, 0.15) is 29.0 Å². The third-order valence-corrected chi connectivity index (χ3v) is 3.35. The summed E-state index contributed by atoms with van der Waals surface area (Å²) in [4.78, 5) is 28.2. The molecule has 2 rings (SSSR count). The van der Waals surface area contributed by atoms with Gasteiger partial charge in [-0.25, -0.2) is 0 Å². The number of nitro groups is 1. The topological polar surface area (TPSA) is 76.3 Å². The van der Waals surface area contributed by atoms with Crippen LogP contribution in [0.5, 0.6) is 0 Å². The van der Waals surface area contributed by atoms with Crippen molar-refractivity contribution in [3.05, 3.63) is 70.0 Å². The third kappa shape index (κ3) is 3.22. The van der Waals surface area contributed by atoms with Crippen LogP contribution in [0.3, 0.4) is 0 Å². The Kier molecular flexibility index (Phi) is 4.27. The highest BCUT2D eigenvalue weighted by Gasteiger charge is 2.21. The molecule has 21 heavy (non-hydrogen) atoms. The lowest BCUT2D eigenvalue weighted by molar-refractivity contribution is -0.384. The number of carbonyl (C=O) groups is 1. The zero-order chi connectivity index (χ0) is 15.4. The summed E-state index contributed by atoms with van der Waals surface area (Å²) in [6.45, 7) is 1.82. The Morgan fingerprint density at radius 3 is 2.67 bits per heavy atom. The fraction of sp³-hybridized carbons (Fsp3) is 0.200. The van der Waals surface area contributed by atoms with Gasteiger partial charge in [0.05, 0.1) is 11.0 Å². The zero-order valence-corrected chi connectivity index (χ0v) is 11.8. The smallest absolute Gasteiger partial charge is 0.272 e. The number of hydrogen-bond donors (Lipinski definition) is 0. The molecule has 1 heterocycles. The molecule has 1 aromatic carbocycles. The standard InChI is InChI=1S/C15H15N3O3/c1-11(12-6-5-7-13(10-12)18(20)21)17(2)15(19)14-8-3-4-9-16-14/h3-11H,1-2H3/t11-/m0/s1. The van der Waals surface area contributed by atoms with E-state index in [-0.39, 0.29) is 17.6 Å². The molecule has 2 aromatic rings. The van der Waals surface area contributed by atoms with Crippen LogP contribution in [0, 0.1) is 10.1 Å². The summed E-state index contributed by atoms with van der Waals surface area (Å²) in [7, 11) is 1.65. The summed E-state index contributed by atoms with van der Waals surface area (Å²) >= 11 is 0. The first-order valence-electron chi connectivity index (χ1n) is 6.43. The van der Waals surface area contributed by atoms with Gasteiger partial charge in [-0.15, -0.1) is 0 Å². The fourth-order valence-electron chi connectivity index (χ4n) is 1.97. The van der Waals surface area contributed by atoms with Crippen LogP contribution >= 0.6 is 0 Å². The second kappa shape index (κ2) is 6.13.